The van der Waals surface area contributed by atoms with Gasteiger partial charge in [-0.15, -0.1) is 11.3 Å². The van der Waals surface area contributed by atoms with Crippen LogP contribution in [0.4, 0.5) is 13.2 Å². The van der Waals surface area contributed by atoms with E-state index in [2.05, 4.69) is 20.6 Å². The van der Waals surface area contributed by atoms with Crippen LogP contribution in [-0.4, -0.2) is 31.8 Å². The second-order valence-electron chi connectivity index (χ2n) is 6.10. The molecule has 0 atom stereocenters. The molecular formula is C19H12F3N5O2S. The molecule has 3 heterocycles. The van der Waals surface area contributed by atoms with Gasteiger partial charge in [-0.2, -0.15) is 23.4 Å². The average Bonchev–Trinajstić information content (AvgIpc) is 3.36. The second-order valence-corrected chi connectivity index (χ2v) is 7.04. The number of rotatable bonds is 4. The van der Waals surface area contributed by atoms with Crippen molar-refractivity contribution in [1.82, 2.24) is 20.0 Å². The Morgan fingerprint density at radius 2 is 2.03 bits per heavy atom. The number of hydrogen-bond acceptors (Lipinski definition) is 6. The van der Waals surface area contributed by atoms with Gasteiger partial charge in [-0.3, -0.25) is 4.79 Å². The number of halogens is 3. The van der Waals surface area contributed by atoms with Crippen LogP contribution in [0.2, 0.25) is 0 Å². The average molecular weight is 431 g/mol. The van der Waals surface area contributed by atoms with Crippen molar-refractivity contribution in [1.29, 1.82) is 0 Å². The smallest absolute Gasteiger partial charge is 0.433 e. The summed E-state index contributed by atoms with van der Waals surface area (Å²) < 4.78 is 41.2. The highest BCUT2D eigenvalue weighted by molar-refractivity contribution is 7.13. The van der Waals surface area contributed by atoms with E-state index >= 15 is 0 Å². The summed E-state index contributed by atoms with van der Waals surface area (Å²) in [5.74, 6) is -0.777. The molecule has 30 heavy (non-hydrogen) atoms. The summed E-state index contributed by atoms with van der Waals surface area (Å²) >= 11 is 1.25. The third kappa shape index (κ3) is 4.01. The van der Waals surface area contributed by atoms with E-state index in [4.69, 9.17) is 0 Å². The van der Waals surface area contributed by atoms with E-state index in [9.17, 15) is 23.1 Å². The molecule has 2 N–H and O–H groups in total. The lowest BCUT2D eigenvalue weighted by Gasteiger charge is -2.10. The topological polar surface area (TPSA) is 91.9 Å². The lowest BCUT2D eigenvalue weighted by molar-refractivity contribution is -0.142. The van der Waals surface area contributed by atoms with Crippen LogP contribution >= 0.6 is 11.3 Å². The number of fused-ring (bicyclic) bond motifs is 1. The molecule has 4 rings (SSSR count). The molecule has 0 spiro atoms. The van der Waals surface area contributed by atoms with Crippen molar-refractivity contribution in [3.63, 3.8) is 0 Å². The Kier molecular flexibility index (Phi) is 4.96. The Morgan fingerprint density at radius 1 is 1.20 bits per heavy atom. The maximum absolute atomic E-state index is 13.5. The highest BCUT2D eigenvalue weighted by atomic mass is 32.1. The van der Waals surface area contributed by atoms with Crippen molar-refractivity contribution >= 4 is 29.1 Å². The van der Waals surface area contributed by atoms with Crippen LogP contribution in [0, 0.1) is 0 Å². The molecule has 7 nitrogen and oxygen atoms in total. The minimum atomic E-state index is -4.69. The standard InChI is InChI=1S/C19H12F3N5O2S/c20-19(21,22)16-8-13(15-5-2-6-30-15)24-17-9-14(26-27(16)17)18(29)25-23-10-11-3-1-4-12(28)7-11/h1-10,28H,(H,25,29)/b23-10+. The Labute approximate surface area is 171 Å². The lowest BCUT2D eigenvalue weighted by Crippen LogP contribution is -2.19. The largest absolute Gasteiger partial charge is 0.508 e. The van der Waals surface area contributed by atoms with Crippen molar-refractivity contribution in [2.75, 3.05) is 0 Å². The summed E-state index contributed by atoms with van der Waals surface area (Å²) in [6.45, 7) is 0. The van der Waals surface area contributed by atoms with E-state index in [0.717, 1.165) is 12.1 Å². The zero-order chi connectivity index (χ0) is 21.3. The minimum Gasteiger partial charge on any atom is -0.508 e. The number of thiophene rings is 1. The SMILES string of the molecule is O=C(N/N=C/c1cccc(O)c1)c1cc2nc(-c3cccs3)cc(C(F)(F)F)n2n1. The predicted octanol–water partition coefficient (Wildman–Crippen LogP) is 3.95. The minimum absolute atomic E-state index is 0.0259. The van der Waals surface area contributed by atoms with Gasteiger partial charge in [0.25, 0.3) is 5.91 Å². The van der Waals surface area contributed by atoms with Crippen molar-refractivity contribution in [2.45, 2.75) is 6.18 Å². The number of aromatic hydroxyl groups is 1. The van der Waals surface area contributed by atoms with Gasteiger partial charge in [0.05, 0.1) is 16.8 Å². The van der Waals surface area contributed by atoms with Gasteiger partial charge in [-0.1, -0.05) is 18.2 Å². The highest BCUT2D eigenvalue weighted by Crippen LogP contribution is 2.33. The maximum Gasteiger partial charge on any atom is 0.433 e. The molecule has 0 saturated carbocycles. The number of nitrogens with zero attached hydrogens (tertiary/aromatic N) is 4. The Morgan fingerprint density at radius 3 is 2.73 bits per heavy atom. The van der Waals surface area contributed by atoms with Crippen LogP contribution in [0.25, 0.3) is 16.2 Å². The van der Waals surface area contributed by atoms with Gasteiger partial charge in [-0.05, 0) is 35.2 Å². The van der Waals surface area contributed by atoms with Crippen molar-refractivity contribution in [3.05, 3.63) is 70.9 Å². The molecule has 0 radical (unpaired) electrons. The zero-order valence-corrected chi connectivity index (χ0v) is 15.8. The number of benzene rings is 1. The van der Waals surface area contributed by atoms with Gasteiger partial charge in [0.1, 0.15) is 5.75 Å². The number of nitrogens with one attached hydrogen (secondary N) is 1. The van der Waals surface area contributed by atoms with E-state index in [1.807, 2.05) is 0 Å². The summed E-state index contributed by atoms with van der Waals surface area (Å²) in [7, 11) is 0. The Balaban J connectivity index is 1.66. The molecule has 152 valence electrons. The molecule has 3 aromatic heterocycles. The fraction of sp³-hybridized carbons (Fsp3) is 0.0526. The molecule has 0 unspecified atom stereocenters. The van der Waals surface area contributed by atoms with Crippen LogP contribution in [-0.2, 0) is 6.18 Å². The molecule has 1 aromatic carbocycles. The number of phenols is 1. The van der Waals surface area contributed by atoms with Gasteiger partial charge in [0, 0.05) is 6.07 Å². The van der Waals surface area contributed by atoms with Crippen LogP contribution in [0.5, 0.6) is 5.75 Å². The molecule has 0 aliphatic heterocycles. The first-order chi connectivity index (χ1) is 14.3. The number of hydrazone groups is 1. The lowest BCUT2D eigenvalue weighted by atomic mass is 10.2. The number of phenolic OH excluding ortho intramolecular Hbond substituents is 1. The molecule has 0 saturated heterocycles. The summed E-state index contributed by atoms with van der Waals surface area (Å²) in [4.78, 5) is 17.0. The first-order valence-electron chi connectivity index (χ1n) is 8.45. The zero-order valence-electron chi connectivity index (χ0n) is 15.0. The second kappa shape index (κ2) is 7.59. The summed E-state index contributed by atoms with van der Waals surface area (Å²) in [5.41, 5.74) is 1.42. The third-order valence-electron chi connectivity index (χ3n) is 3.97. The van der Waals surface area contributed by atoms with Crippen molar-refractivity contribution < 1.29 is 23.1 Å². The monoisotopic (exact) mass is 431 g/mol. The van der Waals surface area contributed by atoms with Crippen LogP contribution in [0.3, 0.4) is 0 Å². The molecule has 0 fully saturated rings. The first-order valence-corrected chi connectivity index (χ1v) is 9.33. The van der Waals surface area contributed by atoms with Gasteiger partial charge in [0.15, 0.2) is 17.0 Å². The van der Waals surface area contributed by atoms with Gasteiger partial charge in [-0.25, -0.2) is 14.9 Å². The summed E-state index contributed by atoms with van der Waals surface area (Å²) in [5, 5.41) is 18.6. The van der Waals surface area contributed by atoms with Gasteiger partial charge in [0.2, 0.25) is 0 Å². The van der Waals surface area contributed by atoms with E-state index in [1.165, 1.54) is 29.7 Å². The van der Waals surface area contributed by atoms with Crippen LogP contribution < -0.4 is 5.43 Å². The van der Waals surface area contributed by atoms with Gasteiger partial charge < -0.3 is 5.11 Å². The normalized spacial score (nSPS) is 12.0. The Hall–Kier alpha value is -3.73. The molecule has 4 aromatic rings. The van der Waals surface area contributed by atoms with E-state index < -0.39 is 17.8 Å². The number of carbonyl (C=O) groups excluding carboxylic acids is 1. The summed E-state index contributed by atoms with van der Waals surface area (Å²) in [6.07, 6.45) is -3.41. The first kappa shape index (κ1) is 19.6. The van der Waals surface area contributed by atoms with Gasteiger partial charge >= 0.3 is 6.18 Å². The fourth-order valence-corrected chi connectivity index (χ4v) is 3.35. The van der Waals surface area contributed by atoms with E-state index in [0.29, 0.717) is 15.0 Å². The van der Waals surface area contributed by atoms with E-state index in [1.54, 1.807) is 29.6 Å². The molecule has 0 aliphatic carbocycles. The third-order valence-corrected chi connectivity index (χ3v) is 4.87. The molecule has 1 amide bonds. The highest BCUT2D eigenvalue weighted by Gasteiger charge is 2.35. The van der Waals surface area contributed by atoms with E-state index in [-0.39, 0.29) is 22.8 Å². The number of alkyl halides is 3. The van der Waals surface area contributed by atoms with Crippen molar-refractivity contribution in [2.24, 2.45) is 5.10 Å². The molecule has 0 aliphatic rings. The molecule has 11 heteroatoms. The Bertz CT molecular complexity index is 1250. The molecular weight excluding hydrogens is 419 g/mol. The fourth-order valence-electron chi connectivity index (χ4n) is 2.67. The predicted molar refractivity (Wildman–Crippen MR) is 104 cm³/mol. The number of amides is 1. The summed E-state index contributed by atoms with van der Waals surface area (Å²) in [6, 6.07) is 11.6. The molecule has 0 bridgehead atoms. The quantitative estimate of drug-likeness (QED) is 0.378. The number of hydrogen-bond donors (Lipinski definition) is 2. The van der Waals surface area contributed by atoms with Crippen LogP contribution in [0.15, 0.2) is 59.0 Å². The number of carbonyl (C=O) groups is 1. The van der Waals surface area contributed by atoms with Crippen molar-refractivity contribution in [3.8, 4) is 16.3 Å². The maximum atomic E-state index is 13.5. The number of aromatic nitrogens is 3. The van der Waals surface area contributed by atoms with Crippen LogP contribution in [0.1, 0.15) is 21.7 Å².